The monoisotopic (exact) mass is 458 g/mol. The van der Waals surface area contributed by atoms with Gasteiger partial charge in [-0.05, 0) is 43.0 Å². The molecule has 0 nitrogen and oxygen atoms in total. The fourth-order valence-corrected chi connectivity index (χ4v) is 2.72. The van der Waals surface area contributed by atoms with Crippen LogP contribution in [0.1, 0.15) is 0 Å². The van der Waals surface area contributed by atoms with Crippen LogP contribution in [0.3, 0.4) is 0 Å². The van der Waals surface area contributed by atoms with Gasteiger partial charge < -0.3 is 0 Å². The van der Waals surface area contributed by atoms with Gasteiger partial charge in [-0.1, -0.05) is 48.5 Å². The molecule has 0 aliphatic heterocycles. The summed E-state index contributed by atoms with van der Waals surface area (Å²) in [4.78, 5) is 0. The van der Waals surface area contributed by atoms with Gasteiger partial charge in [0.05, 0.1) is 0 Å². The first-order chi connectivity index (χ1) is 10.0. The first kappa shape index (κ1) is 20.6. The summed E-state index contributed by atoms with van der Waals surface area (Å²) in [6, 6.07) is 16.1. The van der Waals surface area contributed by atoms with Crippen molar-refractivity contribution >= 4 is 69.3 Å². The summed E-state index contributed by atoms with van der Waals surface area (Å²) in [6.45, 7) is 0. The van der Waals surface area contributed by atoms with E-state index in [1.807, 2.05) is 91.6 Å². The van der Waals surface area contributed by atoms with E-state index in [0.717, 1.165) is 0 Å². The van der Waals surface area contributed by atoms with Gasteiger partial charge in [0.1, 0.15) is 0 Å². The van der Waals surface area contributed by atoms with Crippen LogP contribution < -0.4 is 0 Å². The summed E-state index contributed by atoms with van der Waals surface area (Å²) in [5.74, 6) is 0. The third-order valence-electron chi connectivity index (χ3n) is 1.70. The summed E-state index contributed by atoms with van der Waals surface area (Å²) in [6.07, 6.45) is 0. The smallest absolute Gasteiger partial charge is 0.00934 e. The molecule has 2 radical (unpaired) electrons. The van der Waals surface area contributed by atoms with Crippen LogP contribution in [0.2, 0.25) is 0 Å². The quantitative estimate of drug-likeness (QED) is 0.281. The van der Waals surface area contributed by atoms with Crippen molar-refractivity contribution in [2.75, 3.05) is 0 Å². The number of rotatable bonds is 0. The molecule has 0 aliphatic rings. The topological polar surface area (TPSA) is 0 Å². The molecular weight excluding hydrogens is 439 g/mol. The largest absolute Gasteiger partial charge is 0.152 e. The van der Waals surface area contributed by atoms with Crippen molar-refractivity contribution in [3.05, 3.63) is 91.6 Å². The molecule has 0 amide bonds. The molecule has 4 aromatic rings. The normalized spacial score (nSPS) is 7.62. The molecule has 0 aromatic carbocycles. The molecule has 0 atom stereocenters. The van der Waals surface area contributed by atoms with Crippen molar-refractivity contribution < 1.29 is 0 Å². The zero-order valence-electron chi connectivity index (χ0n) is 11.6. The molecule has 0 fully saturated rings. The Morgan fingerprint density at radius 1 is 0.286 bits per heavy atom. The van der Waals surface area contributed by atoms with Crippen molar-refractivity contribution in [2.45, 2.75) is 0 Å². The first-order valence-electron chi connectivity index (χ1n) is 5.89. The maximum absolute atomic E-state index is 2.04. The van der Waals surface area contributed by atoms with Gasteiger partial charge in [-0.25, -0.2) is 0 Å². The van der Waals surface area contributed by atoms with Crippen molar-refractivity contribution in [1.82, 2.24) is 0 Å². The van der Waals surface area contributed by atoms with E-state index in [2.05, 4.69) is 0 Å². The van der Waals surface area contributed by atoms with E-state index in [4.69, 9.17) is 0 Å². The van der Waals surface area contributed by atoms with E-state index in [1.165, 1.54) is 0 Å². The Labute approximate surface area is 159 Å². The van der Waals surface area contributed by atoms with E-state index in [0.29, 0.717) is 0 Å². The van der Waals surface area contributed by atoms with E-state index in [1.54, 1.807) is 45.3 Å². The summed E-state index contributed by atoms with van der Waals surface area (Å²) < 4.78 is 0. The molecule has 0 saturated carbocycles. The van der Waals surface area contributed by atoms with Crippen molar-refractivity contribution in [2.24, 2.45) is 0 Å². The minimum Gasteiger partial charge on any atom is -0.152 e. The van der Waals surface area contributed by atoms with Crippen molar-refractivity contribution in [1.29, 1.82) is 0 Å². The summed E-state index contributed by atoms with van der Waals surface area (Å²) in [5, 5.41) is 16.3. The molecule has 4 heterocycles. The standard InChI is InChI=1S/4C4H4S.Sn.2H/c4*1-2-4-5-3-1;;;/h4*1-4H;;;. The maximum Gasteiger partial charge on any atom is -0.00934 e. The molecule has 0 aliphatic carbocycles. The average molecular weight is 457 g/mol. The van der Waals surface area contributed by atoms with Crippen LogP contribution in [0.5, 0.6) is 0 Å². The van der Waals surface area contributed by atoms with Crippen LogP contribution >= 0.6 is 45.3 Å². The van der Waals surface area contributed by atoms with Gasteiger partial charge in [0, 0.05) is 0 Å². The van der Waals surface area contributed by atoms with Crippen LogP contribution in [0, 0.1) is 0 Å². The van der Waals surface area contributed by atoms with E-state index in [9.17, 15) is 0 Å². The SMILES string of the molecule is [SnH2].c1ccsc1.c1ccsc1.c1ccsc1.c1ccsc1. The Kier molecular flexibility index (Phi) is 17.3. The Hall–Kier alpha value is -0.401. The third-order valence-corrected chi connectivity index (χ3v) is 4.22. The molecule has 0 saturated heterocycles. The molecule has 5 heteroatoms. The zero-order chi connectivity index (χ0) is 14.1. The van der Waals surface area contributed by atoms with Crippen LogP contribution in [-0.2, 0) is 0 Å². The molecular formula is C16H18S4Sn. The van der Waals surface area contributed by atoms with Crippen molar-refractivity contribution in [3.63, 3.8) is 0 Å². The second-order valence-corrected chi connectivity index (χ2v) is 6.44. The molecule has 110 valence electrons. The predicted octanol–water partition coefficient (Wildman–Crippen LogP) is 6.08. The Morgan fingerprint density at radius 2 is 0.429 bits per heavy atom. The Balaban J connectivity index is 0.000000250. The van der Waals surface area contributed by atoms with Gasteiger partial charge in [0.25, 0.3) is 0 Å². The van der Waals surface area contributed by atoms with Gasteiger partial charge in [-0.2, -0.15) is 45.3 Å². The molecule has 0 spiro atoms. The van der Waals surface area contributed by atoms with Gasteiger partial charge >= 0.3 is 23.9 Å². The number of hydrogen-bond acceptors (Lipinski definition) is 4. The van der Waals surface area contributed by atoms with Crippen molar-refractivity contribution in [3.8, 4) is 0 Å². The third kappa shape index (κ3) is 15.8. The Bertz CT molecular complexity index is 351. The molecule has 0 unspecified atom stereocenters. The average Bonchev–Trinajstić information content (AvgIpc) is 3.40. The minimum absolute atomic E-state index is 0. The predicted molar refractivity (Wildman–Crippen MR) is 106 cm³/mol. The van der Waals surface area contributed by atoms with E-state index < -0.39 is 0 Å². The second-order valence-electron chi connectivity index (χ2n) is 3.17. The van der Waals surface area contributed by atoms with Gasteiger partial charge in [-0.3, -0.25) is 0 Å². The van der Waals surface area contributed by atoms with Crippen LogP contribution in [-0.4, -0.2) is 23.9 Å². The number of thiophene rings is 4. The van der Waals surface area contributed by atoms with Gasteiger partial charge in [0.2, 0.25) is 0 Å². The molecule has 21 heavy (non-hydrogen) atoms. The first-order valence-corrected chi connectivity index (χ1v) is 9.66. The maximum atomic E-state index is 2.04. The van der Waals surface area contributed by atoms with E-state index >= 15 is 0 Å². The second kappa shape index (κ2) is 17.6. The molecule has 4 rings (SSSR count). The fraction of sp³-hybridized carbons (Fsp3) is 0. The zero-order valence-corrected chi connectivity index (χ0v) is 18.9. The summed E-state index contributed by atoms with van der Waals surface area (Å²) in [5.41, 5.74) is 0. The molecule has 4 aromatic heterocycles. The summed E-state index contributed by atoms with van der Waals surface area (Å²) in [7, 11) is 0. The molecule has 0 bridgehead atoms. The van der Waals surface area contributed by atoms with Crippen LogP contribution in [0.25, 0.3) is 0 Å². The van der Waals surface area contributed by atoms with Crippen LogP contribution in [0.4, 0.5) is 0 Å². The minimum atomic E-state index is 0. The number of hydrogen-bond donors (Lipinski definition) is 0. The van der Waals surface area contributed by atoms with E-state index in [-0.39, 0.29) is 23.9 Å². The van der Waals surface area contributed by atoms with Crippen LogP contribution in [0.15, 0.2) is 91.6 Å². The van der Waals surface area contributed by atoms with Gasteiger partial charge in [-0.15, -0.1) is 0 Å². The summed E-state index contributed by atoms with van der Waals surface area (Å²) >= 11 is 6.85. The fourth-order valence-electron chi connectivity index (χ4n) is 0.907. The molecule has 0 N–H and O–H groups in total. The Morgan fingerprint density at radius 3 is 0.476 bits per heavy atom. The van der Waals surface area contributed by atoms with Gasteiger partial charge in [0.15, 0.2) is 0 Å².